The van der Waals surface area contributed by atoms with Crippen molar-refractivity contribution in [3.8, 4) is 11.1 Å². The third kappa shape index (κ3) is 2.60. The SMILES string of the molecule is C[C](C)=[Zr][c]1c2c(cc(C)c1C1=CC=CC1)-c1ccccc1C2. The second kappa shape index (κ2) is 5.95. The van der Waals surface area contributed by atoms with Crippen LogP contribution < -0.4 is 3.27 Å². The van der Waals surface area contributed by atoms with Crippen molar-refractivity contribution < 1.29 is 22.8 Å². The second-order valence-electron chi connectivity index (χ2n) is 6.75. The summed E-state index contributed by atoms with van der Waals surface area (Å²) in [6, 6.07) is 11.4. The van der Waals surface area contributed by atoms with Crippen molar-refractivity contribution in [1.29, 1.82) is 0 Å². The van der Waals surface area contributed by atoms with Gasteiger partial charge in [0.1, 0.15) is 0 Å². The van der Waals surface area contributed by atoms with Gasteiger partial charge in [-0.05, 0) is 0 Å². The summed E-state index contributed by atoms with van der Waals surface area (Å²) in [7, 11) is 0. The van der Waals surface area contributed by atoms with Gasteiger partial charge in [-0.1, -0.05) is 0 Å². The molecule has 2 aromatic carbocycles. The van der Waals surface area contributed by atoms with Crippen LogP contribution in [-0.2, 0) is 29.2 Å². The summed E-state index contributed by atoms with van der Waals surface area (Å²) in [5.74, 6) is 0. The Kier molecular flexibility index (Phi) is 3.94. The zero-order valence-corrected chi connectivity index (χ0v) is 16.5. The van der Waals surface area contributed by atoms with Crippen LogP contribution in [0.15, 0.2) is 48.6 Å². The molecule has 2 aliphatic rings. The number of hydrogen-bond donors (Lipinski definition) is 0. The average molecular weight is 377 g/mol. The summed E-state index contributed by atoms with van der Waals surface area (Å²) in [6.07, 6.45) is 9.05. The Hall–Kier alpha value is -1.33. The zero-order chi connectivity index (χ0) is 16.0. The summed E-state index contributed by atoms with van der Waals surface area (Å²) in [5, 5.41) is 0. The zero-order valence-electron chi connectivity index (χ0n) is 14.0. The summed E-state index contributed by atoms with van der Waals surface area (Å²) >= 11 is -0.671. The minimum absolute atomic E-state index is 0.671. The van der Waals surface area contributed by atoms with Crippen molar-refractivity contribution in [1.82, 2.24) is 0 Å². The summed E-state index contributed by atoms with van der Waals surface area (Å²) in [5.41, 5.74) is 10.7. The van der Waals surface area contributed by atoms with Crippen LogP contribution in [0, 0.1) is 6.92 Å². The van der Waals surface area contributed by atoms with Crippen molar-refractivity contribution in [2.24, 2.45) is 0 Å². The molecule has 0 bridgehead atoms. The van der Waals surface area contributed by atoms with Gasteiger partial charge in [0, 0.05) is 0 Å². The van der Waals surface area contributed by atoms with Crippen LogP contribution in [0.2, 0.25) is 0 Å². The number of allylic oxidation sites excluding steroid dienone is 4. The Labute approximate surface area is 150 Å². The van der Waals surface area contributed by atoms with E-state index in [-0.39, 0.29) is 0 Å². The number of hydrogen-bond acceptors (Lipinski definition) is 0. The van der Waals surface area contributed by atoms with E-state index in [1.54, 1.807) is 17.6 Å². The third-order valence-corrected chi connectivity index (χ3v) is 7.97. The molecule has 0 N–H and O–H groups in total. The number of aryl methyl sites for hydroxylation is 1. The van der Waals surface area contributed by atoms with Gasteiger partial charge in [0.25, 0.3) is 0 Å². The topological polar surface area (TPSA) is 0 Å². The number of benzene rings is 2. The van der Waals surface area contributed by atoms with Gasteiger partial charge in [-0.3, -0.25) is 0 Å². The Balaban J connectivity index is 2.01. The molecule has 0 saturated heterocycles. The quantitative estimate of drug-likeness (QED) is 0.601. The Bertz CT molecular complexity index is 890. The van der Waals surface area contributed by atoms with Crippen LogP contribution in [-0.4, -0.2) is 3.21 Å². The Morgan fingerprint density at radius 1 is 1.09 bits per heavy atom. The summed E-state index contributed by atoms with van der Waals surface area (Å²) in [6.45, 7) is 6.96. The molecule has 4 rings (SSSR count). The molecule has 2 aromatic rings. The summed E-state index contributed by atoms with van der Waals surface area (Å²) in [4.78, 5) is 0. The predicted octanol–water partition coefficient (Wildman–Crippen LogP) is 4.83. The molecule has 0 heterocycles. The van der Waals surface area contributed by atoms with Crippen LogP contribution in [0.4, 0.5) is 0 Å². The molecule has 1 heteroatoms. The van der Waals surface area contributed by atoms with E-state index in [0.717, 1.165) is 12.8 Å². The van der Waals surface area contributed by atoms with E-state index in [1.807, 2.05) is 0 Å². The first-order valence-corrected chi connectivity index (χ1v) is 10.8. The first-order chi connectivity index (χ1) is 11.1. The van der Waals surface area contributed by atoms with Gasteiger partial charge in [-0.25, -0.2) is 0 Å². The van der Waals surface area contributed by atoms with Crippen LogP contribution in [0.25, 0.3) is 16.7 Å². The molecule has 0 aliphatic heterocycles. The van der Waals surface area contributed by atoms with E-state index in [2.05, 4.69) is 69.3 Å². The molecule has 0 amide bonds. The van der Waals surface area contributed by atoms with Crippen LogP contribution in [0.5, 0.6) is 0 Å². The second-order valence-corrected chi connectivity index (χ2v) is 11.1. The van der Waals surface area contributed by atoms with Crippen molar-refractivity contribution in [3.05, 3.63) is 70.8 Å². The molecule has 0 aromatic heterocycles. The van der Waals surface area contributed by atoms with E-state index < -0.39 is 22.8 Å². The fraction of sp³-hybridized carbons (Fsp3) is 0.227. The van der Waals surface area contributed by atoms with Crippen LogP contribution in [0.1, 0.15) is 42.5 Å². The van der Waals surface area contributed by atoms with Gasteiger partial charge in [0.15, 0.2) is 0 Å². The number of rotatable bonds is 2. The Morgan fingerprint density at radius 2 is 1.91 bits per heavy atom. The first-order valence-electron chi connectivity index (χ1n) is 8.33. The van der Waals surface area contributed by atoms with Gasteiger partial charge in [0.2, 0.25) is 0 Å². The monoisotopic (exact) mass is 375 g/mol. The molecule has 0 unspecified atom stereocenters. The normalized spacial score (nSPS) is 14.3. The van der Waals surface area contributed by atoms with Gasteiger partial charge in [-0.2, -0.15) is 0 Å². The van der Waals surface area contributed by atoms with E-state index in [0.29, 0.717) is 0 Å². The minimum atomic E-state index is -0.671. The van der Waals surface area contributed by atoms with E-state index in [4.69, 9.17) is 0 Å². The van der Waals surface area contributed by atoms with Crippen molar-refractivity contribution in [2.75, 3.05) is 0 Å². The van der Waals surface area contributed by atoms with Crippen molar-refractivity contribution in [3.63, 3.8) is 0 Å². The fourth-order valence-corrected chi connectivity index (χ4v) is 7.18. The van der Waals surface area contributed by atoms with Gasteiger partial charge in [-0.15, -0.1) is 0 Å². The molecule has 23 heavy (non-hydrogen) atoms. The Morgan fingerprint density at radius 3 is 2.65 bits per heavy atom. The van der Waals surface area contributed by atoms with E-state index >= 15 is 0 Å². The third-order valence-electron chi connectivity index (χ3n) is 4.77. The molecule has 2 aliphatic carbocycles. The molecule has 0 atom stereocenters. The van der Waals surface area contributed by atoms with Crippen LogP contribution >= 0.6 is 0 Å². The number of fused-ring (bicyclic) bond motifs is 3. The van der Waals surface area contributed by atoms with Gasteiger partial charge >= 0.3 is 150 Å². The molecule has 0 saturated carbocycles. The predicted molar refractivity (Wildman–Crippen MR) is 97.1 cm³/mol. The molecule has 0 spiro atoms. The molecule has 0 fully saturated rings. The van der Waals surface area contributed by atoms with Crippen molar-refractivity contribution >= 4 is 12.1 Å². The van der Waals surface area contributed by atoms with Crippen molar-refractivity contribution in [2.45, 2.75) is 33.6 Å². The maximum atomic E-state index is 2.45. The molecule has 0 radical (unpaired) electrons. The molecular weight excluding hydrogens is 355 g/mol. The first kappa shape index (κ1) is 15.2. The standard InChI is InChI=1S/C19H15.C3H6.Zr/c1-13-10-19-16(11-15-8-4-5-9-17(15)19)12-18(13)14-6-2-3-7-14;1-3-2;/h2-6,8-10H,7,11H2,1H3;1-2H3;. The molecule has 0 nitrogen and oxygen atoms in total. The average Bonchev–Trinajstić information content (AvgIpc) is 3.14. The summed E-state index contributed by atoms with van der Waals surface area (Å²) < 4.78 is 3.39. The van der Waals surface area contributed by atoms with Crippen LogP contribution in [0.3, 0.4) is 0 Å². The fourth-order valence-electron chi connectivity index (χ4n) is 3.84. The van der Waals surface area contributed by atoms with Gasteiger partial charge < -0.3 is 0 Å². The van der Waals surface area contributed by atoms with Gasteiger partial charge in [0.05, 0.1) is 0 Å². The molecular formula is C22H21Zr. The van der Waals surface area contributed by atoms with E-state index in [9.17, 15) is 0 Å². The maximum absolute atomic E-state index is 2.45. The van der Waals surface area contributed by atoms with E-state index in [1.165, 1.54) is 27.8 Å². The molecule has 113 valence electrons.